The molecule has 0 bridgehead atoms. The van der Waals surface area contributed by atoms with Gasteiger partial charge in [-0.05, 0) is 49.3 Å². The number of esters is 2. The Hall–Kier alpha value is -2.10. The second-order valence-corrected chi connectivity index (χ2v) is 5.27. The van der Waals surface area contributed by atoms with Gasteiger partial charge in [0, 0.05) is 6.08 Å². The lowest BCUT2D eigenvalue weighted by atomic mass is 9.79. The summed E-state index contributed by atoms with van der Waals surface area (Å²) in [5, 5.41) is 0. The maximum atomic E-state index is 11.5. The number of ether oxygens (including phenoxy) is 2. The van der Waals surface area contributed by atoms with E-state index in [1.165, 1.54) is 12.7 Å². The molecule has 1 fully saturated rings. The van der Waals surface area contributed by atoms with Crippen molar-refractivity contribution in [3.63, 3.8) is 0 Å². The third kappa shape index (κ3) is 3.94. The van der Waals surface area contributed by atoms with Gasteiger partial charge in [-0.25, -0.2) is 4.79 Å². The molecule has 0 unspecified atom stereocenters. The van der Waals surface area contributed by atoms with Gasteiger partial charge in [-0.15, -0.1) is 0 Å². The van der Waals surface area contributed by atoms with E-state index in [4.69, 9.17) is 9.47 Å². The Balaban J connectivity index is 1.93. The van der Waals surface area contributed by atoms with E-state index >= 15 is 0 Å². The van der Waals surface area contributed by atoms with Gasteiger partial charge < -0.3 is 9.47 Å². The molecular formula is C17H20O4. The van der Waals surface area contributed by atoms with E-state index in [0.29, 0.717) is 11.7 Å². The number of rotatable bonds is 4. The topological polar surface area (TPSA) is 52.6 Å². The van der Waals surface area contributed by atoms with Gasteiger partial charge in [0.05, 0.1) is 13.0 Å². The number of methoxy groups -OCH3 is 1. The summed E-state index contributed by atoms with van der Waals surface area (Å²) in [5.74, 6) is 0.461. The van der Waals surface area contributed by atoms with Crippen LogP contribution in [0.2, 0.25) is 0 Å². The van der Waals surface area contributed by atoms with Crippen molar-refractivity contribution < 1.29 is 19.1 Å². The fourth-order valence-corrected chi connectivity index (χ4v) is 2.79. The lowest BCUT2D eigenvalue weighted by Crippen LogP contribution is -2.22. The summed E-state index contributed by atoms with van der Waals surface area (Å²) in [5.41, 5.74) is 1.22. The third-order valence-electron chi connectivity index (χ3n) is 4.00. The van der Waals surface area contributed by atoms with Gasteiger partial charge in [0.15, 0.2) is 0 Å². The van der Waals surface area contributed by atoms with E-state index in [0.717, 1.165) is 31.8 Å². The van der Waals surface area contributed by atoms with E-state index < -0.39 is 5.97 Å². The Morgan fingerprint density at radius 2 is 1.76 bits per heavy atom. The minimum absolute atomic E-state index is 0.0408. The zero-order valence-corrected chi connectivity index (χ0v) is 12.2. The summed E-state index contributed by atoms with van der Waals surface area (Å²) >= 11 is 0. The van der Waals surface area contributed by atoms with Crippen molar-refractivity contribution >= 4 is 11.9 Å². The standard InChI is InChI=1S/C17H20O4/c1-3-16(18)21-15-10-8-13(9-11-15)12-4-6-14(7-5-12)17(19)20-2/h3,8-12,14H,1,4-7H2,2H3. The Morgan fingerprint density at radius 1 is 1.14 bits per heavy atom. The van der Waals surface area contributed by atoms with E-state index in [2.05, 4.69) is 6.58 Å². The van der Waals surface area contributed by atoms with Gasteiger partial charge in [-0.1, -0.05) is 18.7 Å². The Labute approximate surface area is 124 Å². The smallest absolute Gasteiger partial charge is 0.335 e. The van der Waals surface area contributed by atoms with Crippen LogP contribution in [-0.4, -0.2) is 19.0 Å². The zero-order chi connectivity index (χ0) is 15.2. The lowest BCUT2D eigenvalue weighted by molar-refractivity contribution is -0.146. The molecule has 2 rings (SSSR count). The van der Waals surface area contributed by atoms with E-state index in [9.17, 15) is 9.59 Å². The van der Waals surface area contributed by atoms with Crippen molar-refractivity contribution in [3.05, 3.63) is 42.5 Å². The van der Waals surface area contributed by atoms with Crippen LogP contribution in [0.1, 0.15) is 37.2 Å². The first kappa shape index (κ1) is 15.3. The highest BCUT2D eigenvalue weighted by Crippen LogP contribution is 2.36. The zero-order valence-electron chi connectivity index (χ0n) is 12.2. The summed E-state index contributed by atoms with van der Waals surface area (Å²) in [7, 11) is 1.44. The van der Waals surface area contributed by atoms with Crippen LogP contribution in [0.4, 0.5) is 0 Å². The van der Waals surface area contributed by atoms with Crippen LogP contribution in [0.5, 0.6) is 5.75 Å². The molecule has 1 aliphatic carbocycles. The number of carbonyl (C=O) groups excluding carboxylic acids is 2. The average Bonchev–Trinajstić information content (AvgIpc) is 2.55. The molecule has 21 heavy (non-hydrogen) atoms. The average molecular weight is 288 g/mol. The number of hydrogen-bond donors (Lipinski definition) is 0. The van der Waals surface area contributed by atoms with Crippen molar-refractivity contribution in [2.75, 3.05) is 7.11 Å². The molecule has 4 heteroatoms. The number of carbonyl (C=O) groups is 2. The maximum Gasteiger partial charge on any atom is 0.335 e. The second kappa shape index (κ2) is 7.07. The molecule has 1 aromatic rings. The Morgan fingerprint density at radius 3 is 2.29 bits per heavy atom. The summed E-state index contributed by atoms with van der Waals surface area (Å²) in [6, 6.07) is 7.55. The maximum absolute atomic E-state index is 11.5. The molecule has 0 spiro atoms. The summed E-state index contributed by atoms with van der Waals surface area (Å²) in [4.78, 5) is 22.6. The van der Waals surface area contributed by atoms with Crippen LogP contribution in [0.25, 0.3) is 0 Å². The Kier molecular flexibility index (Phi) is 5.14. The highest BCUT2D eigenvalue weighted by Gasteiger charge is 2.27. The molecule has 0 atom stereocenters. The number of hydrogen-bond acceptors (Lipinski definition) is 4. The summed E-state index contributed by atoms with van der Waals surface area (Å²) in [6.45, 7) is 3.36. The predicted molar refractivity (Wildman–Crippen MR) is 79.0 cm³/mol. The van der Waals surface area contributed by atoms with Crippen molar-refractivity contribution in [1.82, 2.24) is 0 Å². The quantitative estimate of drug-likeness (QED) is 0.485. The normalized spacial score (nSPS) is 21.4. The van der Waals surface area contributed by atoms with Crippen molar-refractivity contribution in [2.24, 2.45) is 5.92 Å². The molecule has 0 N–H and O–H groups in total. The fourth-order valence-electron chi connectivity index (χ4n) is 2.79. The summed E-state index contributed by atoms with van der Waals surface area (Å²) < 4.78 is 9.85. The molecule has 0 aromatic heterocycles. The lowest BCUT2D eigenvalue weighted by Gasteiger charge is -2.27. The molecule has 0 aliphatic heterocycles. The molecule has 112 valence electrons. The van der Waals surface area contributed by atoms with Crippen molar-refractivity contribution in [2.45, 2.75) is 31.6 Å². The van der Waals surface area contributed by atoms with Gasteiger partial charge in [-0.3, -0.25) is 4.79 Å². The van der Waals surface area contributed by atoms with Crippen molar-refractivity contribution in [3.8, 4) is 5.75 Å². The van der Waals surface area contributed by atoms with Crippen LogP contribution in [0.15, 0.2) is 36.9 Å². The molecule has 0 amide bonds. The van der Waals surface area contributed by atoms with E-state index in [1.807, 2.05) is 12.1 Å². The van der Waals surface area contributed by atoms with Crippen molar-refractivity contribution in [1.29, 1.82) is 0 Å². The highest BCUT2D eigenvalue weighted by atomic mass is 16.5. The Bertz CT molecular complexity index is 510. The molecule has 1 aliphatic rings. The SMILES string of the molecule is C=CC(=O)Oc1ccc(C2CCC(C(=O)OC)CC2)cc1. The first-order chi connectivity index (χ1) is 10.1. The van der Waals surface area contributed by atoms with Gasteiger partial charge >= 0.3 is 11.9 Å². The van der Waals surface area contributed by atoms with Crippen LogP contribution in [-0.2, 0) is 14.3 Å². The fraction of sp³-hybridized carbons (Fsp3) is 0.412. The molecule has 0 heterocycles. The third-order valence-corrected chi connectivity index (χ3v) is 4.00. The van der Waals surface area contributed by atoms with Gasteiger partial charge in [-0.2, -0.15) is 0 Å². The molecule has 4 nitrogen and oxygen atoms in total. The van der Waals surface area contributed by atoms with Gasteiger partial charge in [0.2, 0.25) is 0 Å². The van der Waals surface area contributed by atoms with Crippen LogP contribution in [0.3, 0.4) is 0 Å². The number of benzene rings is 1. The second-order valence-electron chi connectivity index (χ2n) is 5.27. The molecule has 0 saturated heterocycles. The monoisotopic (exact) mass is 288 g/mol. The van der Waals surface area contributed by atoms with Crippen LogP contribution < -0.4 is 4.74 Å². The minimum Gasteiger partial charge on any atom is -0.469 e. The van der Waals surface area contributed by atoms with Gasteiger partial charge in [0.25, 0.3) is 0 Å². The summed E-state index contributed by atoms with van der Waals surface area (Å²) in [6.07, 6.45) is 4.83. The molecule has 1 aromatic carbocycles. The largest absolute Gasteiger partial charge is 0.469 e. The van der Waals surface area contributed by atoms with Gasteiger partial charge in [0.1, 0.15) is 5.75 Å². The highest BCUT2D eigenvalue weighted by molar-refractivity contribution is 5.83. The van der Waals surface area contributed by atoms with E-state index in [-0.39, 0.29) is 11.9 Å². The predicted octanol–water partition coefficient (Wildman–Crippen LogP) is 3.22. The minimum atomic E-state index is -0.457. The molecular weight excluding hydrogens is 268 g/mol. The first-order valence-corrected chi connectivity index (χ1v) is 7.16. The first-order valence-electron chi connectivity index (χ1n) is 7.16. The molecule has 0 radical (unpaired) electrons. The van der Waals surface area contributed by atoms with Crippen LogP contribution in [0, 0.1) is 5.92 Å². The molecule has 1 saturated carbocycles. The van der Waals surface area contributed by atoms with E-state index in [1.54, 1.807) is 12.1 Å². The van der Waals surface area contributed by atoms with Crippen LogP contribution >= 0.6 is 0 Å².